The van der Waals surface area contributed by atoms with Crippen molar-refractivity contribution in [2.75, 3.05) is 13.1 Å². The molecular weight excluding hydrogens is 443 g/mol. The van der Waals surface area contributed by atoms with E-state index in [1.807, 2.05) is 24.3 Å². The van der Waals surface area contributed by atoms with Crippen LogP contribution in [0.25, 0.3) is 11.3 Å². The highest BCUT2D eigenvalue weighted by molar-refractivity contribution is 6.30. The van der Waals surface area contributed by atoms with Crippen LogP contribution in [0, 0.1) is 5.82 Å². The normalized spacial score (nSPS) is 16.2. The van der Waals surface area contributed by atoms with Gasteiger partial charge >= 0.3 is 0 Å². The molecule has 2 aromatic heterocycles. The fourth-order valence-corrected chi connectivity index (χ4v) is 4.43. The summed E-state index contributed by atoms with van der Waals surface area (Å²) < 4.78 is 20.1. The van der Waals surface area contributed by atoms with E-state index >= 15 is 0 Å². The quantitative estimate of drug-likeness (QED) is 0.425. The molecule has 1 saturated heterocycles. The first kappa shape index (κ1) is 21.4. The number of aromatic amines is 1. The zero-order valence-corrected chi connectivity index (χ0v) is 18.6. The number of piperidine rings is 1. The summed E-state index contributed by atoms with van der Waals surface area (Å²) in [6.45, 7) is 1.14. The van der Waals surface area contributed by atoms with Crippen molar-refractivity contribution in [1.29, 1.82) is 0 Å². The van der Waals surface area contributed by atoms with Gasteiger partial charge in [-0.3, -0.25) is 9.89 Å². The Kier molecular flexibility index (Phi) is 5.96. The van der Waals surface area contributed by atoms with E-state index in [1.54, 1.807) is 35.4 Å². The van der Waals surface area contributed by atoms with Crippen molar-refractivity contribution in [3.05, 3.63) is 94.5 Å². The molecule has 1 amide bonds. The minimum atomic E-state index is -0.376. The summed E-state index contributed by atoms with van der Waals surface area (Å²) in [5, 5.41) is 7.58. The molecule has 6 nitrogen and oxygen atoms in total. The Hall–Kier alpha value is -3.45. The van der Waals surface area contributed by atoms with Crippen molar-refractivity contribution >= 4 is 17.5 Å². The predicted molar refractivity (Wildman–Crippen MR) is 123 cm³/mol. The second-order valence-corrected chi connectivity index (χ2v) is 8.64. The summed E-state index contributed by atoms with van der Waals surface area (Å²) in [5.74, 6) is 0.878. The number of oxazole rings is 1. The highest BCUT2D eigenvalue weighted by Crippen LogP contribution is 2.29. The number of likely N-dealkylation sites (tertiary alicyclic amines) is 1. The van der Waals surface area contributed by atoms with Gasteiger partial charge in [0.05, 0.1) is 17.8 Å². The van der Waals surface area contributed by atoms with E-state index in [0.717, 1.165) is 24.2 Å². The summed E-state index contributed by atoms with van der Waals surface area (Å²) in [6, 6.07) is 15.6. The number of rotatable bonds is 5. The molecule has 1 N–H and O–H groups in total. The summed E-state index contributed by atoms with van der Waals surface area (Å²) in [4.78, 5) is 19.3. The third-order valence-electron chi connectivity index (χ3n) is 5.85. The zero-order chi connectivity index (χ0) is 22.8. The van der Waals surface area contributed by atoms with Gasteiger partial charge in [0.1, 0.15) is 17.3 Å². The fraction of sp³-hybridized carbons (Fsp3) is 0.240. The van der Waals surface area contributed by atoms with Crippen molar-refractivity contribution in [2.24, 2.45) is 0 Å². The number of hydrogen-bond acceptors (Lipinski definition) is 4. The van der Waals surface area contributed by atoms with Crippen molar-refractivity contribution in [3.8, 4) is 11.3 Å². The maximum Gasteiger partial charge on any atom is 0.271 e. The van der Waals surface area contributed by atoms with Crippen LogP contribution in [0.2, 0.25) is 5.02 Å². The number of carbonyl (C=O) groups is 1. The number of carbonyl (C=O) groups excluding carboxylic acids is 1. The molecule has 0 saturated carbocycles. The van der Waals surface area contributed by atoms with Crippen LogP contribution < -0.4 is 0 Å². The molecule has 1 atom stereocenters. The number of nitrogens with zero attached hydrogens (tertiary/aromatic N) is 3. The number of benzene rings is 2. The van der Waals surface area contributed by atoms with Crippen LogP contribution in [0.1, 0.15) is 46.5 Å². The van der Waals surface area contributed by atoms with E-state index in [0.29, 0.717) is 47.4 Å². The first-order valence-corrected chi connectivity index (χ1v) is 11.2. The van der Waals surface area contributed by atoms with Crippen LogP contribution in [-0.4, -0.2) is 39.1 Å². The summed E-state index contributed by atoms with van der Waals surface area (Å²) in [5.41, 5.74) is 2.15. The molecule has 1 aliphatic heterocycles. The van der Waals surface area contributed by atoms with Gasteiger partial charge in [-0.25, -0.2) is 9.37 Å². The third-order valence-corrected chi connectivity index (χ3v) is 6.09. The molecule has 0 aliphatic carbocycles. The molecule has 1 unspecified atom stereocenters. The number of nitrogens with one attached hydrogen (secondary N) is 1. The number of halogens is 2. The predicted octanol–water partition coefficient (Wildman–Crippen LogP) is 5.47. The summed E-state index contributed by atoms with van der Waals surface area (Å²) in [7, 11) is 0. The highest BCUT2D eigenvalue weighted by Gasteiger charge is 2.29. The molecule has 4 aromatic rings. The lowest BCUT2D eigenvalue weighted by atomic mass is 9.97. The van der Waals surface area contributed by atoms with Crippen LogP contribution in [-0.2, 0) is 6.42 Å². The van der Waals surface area contributed by atoms with E-state index in [4.69, 9.17) is 16.0 Å². The lowest BCUT2D eigenvalue weighted by Gasteiger charge is -2.30. The van der Waals surface area contributed by atoms with Crippen molar-refractivity contribution in [2.45, 2.75) is 25.2 Å². The van der Waals surface area contributed by atoms with Crippen LogP contribution in [0.5, 0.6) is 0 Å². The van der Waals surface area contributed by atoms with E-state index in [2.05, 4.69) is 15.2 Å². The Balaban J connectivity index is 1.27. The third kappa shape index (κ3) is 4.68. The van der Waals surface area contributed by atoms with Crippen LogP contribution in [0.15, 0.2) is 65.2 Å². The van der Waals surface area contributed by atoms with Gasteiger partial charge in [-0.1, -0.05) is 35.9 Å². The van der Waals surface area contributed by atoms with Crippen molar-refractivity contribution in [3.63, 3.8) is 0 Å². The number of aromatic nitrogens is 3. The molecule has 0 spiro atoms. The number of amides is 1. The van der Waals surface area contributed by atoms with Gasteiger partial charge in [0, 0.05) is 30.1 Å². The van der Waals surface area contributed by atoms with Crippen LogP contribution >= 0.6 is 11.6 Å². The topological polar surface area (TPSA) is 75.0 Å². The monoisotopic (exact) mass is 464 g/mol. The number of H-pyrrole nitrogens is 1. The maximum absolute atomic E-state index is 14.1. The smallest absolute Gasteiger partial charge is 0.271 e. The molecule has 3 heterocycles. The lowest BCUT2D eigenvalue weighted by Crippen LogP contribution is -2.39. The Bertz CT molecular complexity index is 1280. The molecule has 1 aliphatic rings. The maximum atomic E-state index is 14.1. The minimum absolute atomic E-state index is 0.0183. The SMILES string of the molecule is O=C(c1cc(-c2ccccc2F)n[nH]1)N1CCCC(c2ncc(Cc3cccc(Cl)c3)o2)C1. The van der Waals surface area contributed by atoms with E-state index in [1.165, 1.54) is 6.07 Å². The second kappa shape index (κ2) is 9.19. The van der Waals surface area contributed by atoms with Crippen LogP contribution in [0.4, 0.5) is 4.39 Å². The Morgan fingerprint density at radius 3 is 2.94 bits per heavy atom. The Morgan fingerprint density at radius 2 is 2.09 bits per heavy atom. The van der Waals surface area contributed by atoms with Gasteiger partial charge in [-0.15, -0.1) is 0 Å². The second-order valence-electron chi connectivity index (χ2n) is 8.21. The first-order valence-electron chi connectivity index (χ1n) is 10.9. The largest absolute Gasteiger partial charge is 0.445 e. The zero-order valence-electron chi connectivity index (χ0n) is 17.8. The Labute approximate surface area is 195 Å². The first-order chi connectivity index (χ1) is 16.1. The van der Waals surface area contributed by atoms with Gasteiger partial charge in [-0.2, -0.15) is 5.10 Å². The molecule has 0 bridgehead atoms. The summed E-state index contributed by atoms with van der Waals surface area (Å²) >= 11 is 6.07. The molecule has 5 rings (SSSR count). The van der Waals surface area contributed by atoms with Crippen molar-refractivity contribution < 1.29 is 13.6 Å². The lowest BCUT2D eigenvalue weighted by molar-refractivity contribution is 0.0692. The minimum Gasteiger partial charge on any atom is -0.445 e. The van der Waals surface area contributed by atoms with Crippen molar-refractivity contribution in [1.82, 2.24) is 20.1 Å². The molecule has 0 radical (unpaired) electrons. The number of hydrogen-bond donors (Lipinski definition) is 1. The average molecular weight is 465 g/mol. The molecule has 1 fully saturated rings. The average Bonchev–Trinajstić information content (AvgIpc) is 3.49. The molecular formula is C25H22ClFN4O2. The van der Waals surface area contributed by atoms with Gasteiger partial charge in [-0.05, 0) is 48.7 Å². The molecule has 2 aromatic carbocycles. The van der Waals surface area contributed by atoms with Crippen LogP contribution in [0.3, 0.4) is 0 Å². The van der Waals surface area contributed by atoms with Gasteiger partial charge in [0.15, 0.2) is 5.89 Å². The molecule has 8 heteroatoms. The highest BCUT2D eigenvalue weighted by atomic mass is 35.5. The van der Waals surface area contributed by atoms with Gasteiger partial charge < -0.3 is 9.32 Å². The van der Waals surface area contributed by atoms with Gasteiger partial charge in [0.2, 0.25) is 0 Å². The van der Waals surface area contributed by atoms with Gasteiger partial charge in [0.25, 0.3) is 5.91 Å². The van der Waals surface area contributed by atoms with E-state index < -0.39 is 0 Å². The molecule has 33 heavy (non-hydrogen) atoms. The molecule has 168 valence electrons. The summed E-state index contributed by atoms with van der Waals surface area (Å²) in [6.07, 6.45) is 4.09. The van der Waals surface area contributed by atoms with E-state index in [-0.39, 0.29) is 17.6 Å². The van der Waals surface area contributed by atoms with E-state index in [9.17, 15) is 9.18 Å². The fourth-order valence-electron chi connectivity index (χ4n) is 4.21. The Morgan fingerprint density at radius 1 is 1.21 bits per heavy atom. The standard InChI is InChI=1S/C25H22ClFN4O2/c26-18-7-3-5-16(11-18)12-19-14-28-24(33-19)17-6-4-10-31(15-17)25(32)23-13-22(29-30-23)20-8-1-2-9-21(20)27/h1-3,5,7-9,11,13-14,17H,4,6,10,12,15H2,(H,29,30).